The Morgan fingerprint density at radius 1 is 0.472 bits per heavy atom. The summed E-state index contributed by atoms with van der Waals surface area (Å²) < 4.78 is 4.28. The van der Waals surface area contributed by atoms with E-state index in [1.54, 1.807) is 0 Å². The average Bonchev–Trinajstić information content (AvgIpc) is 2.91. The van der Waals surface area contributed by atoms with E-state index in [0.717, 1.165) is 61.8 Å². The molecule has 4 N–H and O–H groups in total. The molecule has 0 radical (unpaired) electrons. The fraction of sp³-hybridized carbons (Fsp3) is 0.214. The van der Waals surface area contributed by atoms with Gasteiger partial charge in [-0.15, -0.1) is 0 Å². The zero-order chi connectivity index (χ0) is 25.0. The first-order chi connectivity index (χ1) is 17.7. The molecular weight excluding hydrogens is 448 g/mol. The molecule has 0 fully saturated rings. The van der Waals surface area contributed by atoms with Gasteiger partial charge in [0.1, 0.15) is 11.4 Å². The number of rotatable bonds is 11. The van der Waals surface area contributed by atoms with Gasteiger partial charge in [0.2, 0.25) is 0 Å². The maximum absolute atomic E-state index is 5.74. The monoisotopic (exact) mass is 480 g/mol. The molecule has 0 aliphatic carbocycles. The zero-order valence-electron chi connectivity index (χ0n) is 20.3. The smallest absolute Gasteiger partial charge is 0.350 e. The summed E-state index contributed by atoms with van der Waals surface area (Å²) in [6.07, 6.45) is 8.51. The van der Waals surface area contributed by atoms with Gasteiger partial charge in [-0.2, -0.15) is 0 Å². The molecule has 2 heterocycles. The van der Waals surface area contributed by atoms with Gasteiger partial charge >= 0.3 is 11.6 Å². The number of hydrogen-bond acceptors (Lipinski definition) is 6. The number of nitrogens with two attached hydrogens (primary N) is 2. The van der Waals surface area contributed by atoms with Crippen molar-refractivity contribution < 1.29 is 9.13 Å². The van der Waals surface area contributed by atoms with Crippen LogP contribution >= 0.6 is 0 Å². The number of azo groups is 2. The molecule has 0 spiro atoms. The SMILES string of the molecule is Nc1ccc(/N=N/c2cccc[n+]2CCCCCC[n+]2ccccc2/N=N/c2ccc(N)cc2)cc1. The molecular formula is C28H32N8+2. The van der Waals surface area contributed by atoms with Gasteiger partial charge in [0.05, 0.1) is 35.7 Å². The number of anilines is 2. The molecule has 0 unspecified atom stereocenters. The normalized spacial score (nSPS) is 11.4. The van der Waals surface area contributed by atoms with Gasteiger partial charge in [0.15, 0.2) is 0 Å². The molecule has 0 atom stereocenters. The first kappa shape index (κ1) is 24.7. The number of benzene rings is 2. The summed E-state index contributed by atoms with van der Waals surface area (Å²) in [4.78, 5) is 0. The van der Waals surface area contributed by atoms with E-state index in [9.17, 15) is 0 Å². The van der Waals surface area contributed by atoms with Crippen LogP contribution in [0.15, 0.2) is 118 Å². The minimum absolute atomic E-state index is 0.716. The summed E-state index contributed by atoms with van der Waals surface area (Å²) in [5.41, 5.74) is 14.5. The largest absolute Gasteiger partial charge is 0.399 e. The van der Waals surface area contributed by atoms with Crippen LogP contribution in [0.3, 0.4) is 0 Å². The van der Waals surface area contributed by atoms with Crippen molar-refractivity contribution in [2.24, 2.45) is 20.5 Å². The number of nitrogen functional groups attached to an aromatic ring is 2. The maximum atomic E-state index is 5.74. The summed E-state index contributed by atoms with van der Waals surface area (Å²) in [6, 6.07) is 26.7. The summed E-state index contributed by atoms with van der Waals surface area (Å²) in [6.45, 7) is 1.80. The first-order valence-corrected chi connectivity index (χ1v) is 12.2. The van der Waals surface area contributed by atoms with Crippen LogP contribution in [0.2, 0.25) is 0 Å². The average molecular weight is 481 g/mol. The molecule has 182 valence electrons. The maximum Gasteiger partial charge on any atom is 0.350 e. The van der Waals surface area contributed by atoms with Crippen molar-refractivity contribution in [2.45, 2.75) is 38.8 Å². The standard InChI is InChI=1S/C28H30N8/c29-23-11-15-25(16-12-23)31-33-27-9-3-7-21-35(27)19-5-1-2-6-20-36-22-8-4-10-28(36)34-32-26-17-13-24(30)14-18-26/h3-4,7-18,21-22,29-30H,1-2,5-6,19-20H2/p+2. The molecule has 36 heavy (non-hydrogen) atoms. The minimum atomic E-state index is 0.716. The molecule has 0 saturated carbocycles. The Morgan fingerprint density at radius 2 is 0.889 bits per heavy atom. The second-order valence-electron chi connectivity index (χ2n) is 8.50. The van der Waals surface area contributed by atoms with Gasteiger partial charge in [-0.3, -0.25) is 0 Å². The summed E-state index contributed by atoms with van der Waals surface area (Å²) in [5.74, 6) is 1.68. The lowest BCUT2D eigenvalue weighted by atomic mass is 10.2. The minimum Gasteiger partial charge on any atom is -0.399 e. The van der Waals surface area contributed by atoms with Gasteiger partial charge in [0.25, 0.3) is 0 Å². The summed E-state index contributed by atoms with van der Waals surface area (Å²) >= 11 is 0. The number of unbranched alkanes of at least 4 members (excludes halogenated alkanes) is 3. The van der Waals surface area contributed by atoms with Gasteiger partial charge in [-0.1, -0.05) is 12.1 Å². The molecule has 2 aromatic heterocycles. The predicted molar refractivity (Wildman–Crippen MR) is 142 cm³/mol. The Labute approximate surface area is 211 Å². The number of hydrogen-bond donors (Lipinski definition) is 2. The molecule has 2 aromatic carbocycles. The van der Waals surface area contributed by atoms with E-state index in [4.69, 9.17) is 11.5 Å². The second-order valence-corrected chi connectivity index (χ2v) is 8.50. The van der Waals surface area contributed by atoms with Gasteiger partial charge in [0, 0.05) is 23.5 Å². The number of pyridine rings is 2. The molecule has 8 nitrogen and oxygen atoms in total. The van der Waals surface area contributed by atoms with Crippen molar-refractivity contribution in [1.29, 1.82) is 0 Å². The Kier molecular flexibility index (Phi) is 8.80. The van der Waals surface area contributed by atoms with E-state index in [1.807, 2.05) is 84.9 Å². The highest BCUT2D eigenvalue weighted by atomic mass is 15.2. The van der Waals surface area contributed by atoms with E-state index < -0.39 is 0 Å². The number of nitrogens with zero attached hydrogens (tertiary/aromatic N) is 6. The zero-order valence-corrected chi connectivity index (χ0v) is 20.3. The predicted octanol–water partition coefficient (Wildman–Crippen LogP) is 6.52. The lowest BCUT2D eigenvalue weighted by Crippen LogP contribution is -2.34. The Bertz CT molecular complexity index is 1190. The quantitative estimate of drug-likeness (QED) is 0.110. The summed E-state index contributed by atoms with van der Waals surface area (Å²) in [7, 11) is 0. The van der Waals surface area contributed by atoms with Crippen molar-refractivity contribution in [3.63, 3.8) is 0 Å². The molecule has 0 aliphatic rings. The topological polar surface area (TPSA) is 109 Å². The van der Waals surface area contributed by atoms with Crippen molar-refractivity contribution in [3.05, 3.63) is 97.3 Å². The molecule has 8 heteroatoms. The summed E-state index contributed by atoms with van der Waals surface area (Å²) in [5, 5.41) is 17.5. The van der Waals surface area contributed by atoms with Gasteiger partial charge < -0.3 is 11.5 Å². The third-order valence-electron chi connectivity index (χ3n) is 5.70. The fourth-order valence-electron chi connectivity index (χ4n) is 3.71. The Morgan fingerprint density at radius 3 is 1.31 bits per heavy atom. The van der Waals surface area contributed by atoms with Crippen molar-refractivity contribution >= 4 is 34.4 Å². The van der Waals surface area contributed by atoms with Crippen LogP contribution in [0.1, 0.15) is 25.7 Å². The van der Waals surface area contributed by atoms with E-state index in [2.05, 4.69) is 42.0 Å². The van der Waals surface area contributed by atoms with Crippen LogP contribution in [-0.4, -0.2) is 0 Å². The van der Waals surface area contributed by atoms with E-state index in [-0.39, 0.29) is 0 Å². The van der Waals surface area contributed by atoms with Crippen molar-refractivity contribution in [2.75, 3.05) is 11.5 Å². The van der Waals surface area contributed by atoms with Gasteiger partial charge in [-0.25, -0.2) is 9.13 Å². The second kappa shape index (κ2) is 12.9. The highest BCUT2D eigenvalue weighted by molar-refractivity contribution is 5.48. The molecule has 0 bridgehead atoms. The van der Waals surface area contributed by atoms with Crippen LogP contribution < -0.4 is 20.6 Å². The van der Waals surface area contributed by atoms with Crippen molar-refractivity contribution in [3.8, 4) is 0 Å². The van der Waals surface area contributed by atoms with Crippen LogP contribution in [0.25, 0.3) is 0 Å². The molecule has 0 saturated heterocycles. The van der Waals surface area contributed by atoms with E-state index >= 15 is 0 Å². The van der Waals surface area contributed by atoms with Crippen LogP contribution in [-0.2, 0) is 13.1 Å². The lowest BCUT2D eigenvalue weighted by molar-refractivity contribution is -0.686. The Balaban J connectivity index is 1.24. The highest BCUT2D eigenvalue weighted by Gasteiger charge is 2.10. The van der Waals surface area contributed by atoms with E-state index in [1.165, 1.54) is 0 Å². The lowest BCUT2D eigenvalue weighted by Gasteiger charge is -2.03. The molecule has 4 aromatic rings. The number of aromatic nitrogens is 2. The molecule has 4 rings (SSSR count). The third-order valence-corrected chi connectivity index (χ3v) is 5.70. The molecule has 0 aliphatic heterocycles. The molecule has 0 amide bonds. The van der Waals surface area contributed by atoms with Crippen LogP contribution in [0.4, 0.5) is 34.4 Å². The first-order valence-electron chi connectivity index (χ1n) is 12.2. The van der Waals surface area contributed by atoms with Crippen LogP contribution in [0.5, 0.6) is 0 Å². The number of aryl methyl sites for hydroxylation is 2. The van der Waals surface area contributed by atoms with Crippen LogP contribution in [0, 0.1) is 0 Å². The third kappa shape index (κ3) is 7.53. The van der Waals surface area contributed by atoms with E-state index in [0.29, 0.717) is 11.4 Å². The van der Waals surface area contributed by atoms with Gasteiger partial charge in [-0.05, 0) is 96.6 Å². The Hall–Kier alpha value is -4.46. The van der Waals surface area contributed by atoms with Crippen molar-refractivity contribution in [1.82, 2.24) is 0 Å². The highest BCUT2D eigenvalue weighted by Crippen LogP contribution is 2.18. The fourth-order valence-corrected chi connectivity index (χ4v) is 3.71.